The highest BCUT2D eigenvalue weighted by Gasteiger charge is 2.32. The second kappa shape index (κ2) is 6.00. The summed E-state index contributed by atoms with van der Waals surface area (Å²) in [7, 11) is -3.59. The van der Waals surface area contributed by atoms with Gasteiger partial charge in [0.2, 0.25) is 0 Å². The molecule has 2 unspecified atom stereocenters. The van der Waals surface area contributed by atoms with Crippen molar-refractivity contribution in [3.05, 3.63) is 18.0 Å². The van der Waals surface area contributed by atoms with Crippen molar-refractivity contribution in [2.75, 3.05) is 13.2 Å². The van der Waals surface area contributed by atoms with Gasteiger partial charge in [-0.05, 0) is 19.8 Å². The SMILES string of the molecule is CC(NS(=O)(=O)N1CCCCC1CO)c1cn[nH]c1. The molecule has 1 aliphatic rings. The van der Waals surface area contributed by atoms with Gasteiger partial charge in [-0.25, -0.2) is 0 Å². The highest BCUT2D eigenvalue weighted by Crippen LogP contribution is 2.21. The Morgan fingerprint density at radius 2 is 2.42 bits per heavy atom. The maximum Gasteiger partial charge on any atom is 0.280 e. The number of nitrogens with one attached hydrogen (secondary N) is 2. The van der Waals surface area contributed by atoms with Gasteiger partial charge in [0.05, 0.1) is 12.8 Å². The number of aromatic nitrogens is 2. The van der Waals surface area contributed by atoms with Crippen LogP contribution in [0.4, 0.5) is 0 Å². The van der Waals surface area contributed by atoms with E-state index in [2.05, 4.69) is 14.9 Å². The molecule has 0 radical (unpaired) electrons. The summed E-state index contributed by atoms with van der Waals surface area (Å²) >= 11 is 0. The van der Waals surface area contributed by atoms with E-state index >= 15 is 0 Å². The van der Waals surface area contributed by atoms with Gasteiger partial charge < -0.3 is 5.11 Å². The van der Waals surface area contributed by atoms with Gasteiger partial charge in [-0.15, -0.1) is 0 Å². The molecule has 0 bridgehead atoms. The van der Waals surface area contributed by atoms with Gasteiger partial charge in [0, 0.05) is 30.4 Å². The van der Waals surface area contributed by atoms with Gasteiger partial charge in [-0.2, -0.15) is 22.5 Å². The maximum absolute atomic E-state index is 12.3. The summed E-state index contributed by atoms with van der Waals surface area (Å²) in [5.41, 5.74) is 0.779. The second-order valence-electron chi connectivity index (χ2n) is 4.82. The zero-order valence-corrected chi connectivity index (χ0v) is 11.7. The molecule has 0 amide bonds. The monoisotopic (exact) mass is 288 g/mol. The Balaban J connectivity index is 2.08. The van der Waals surface area contributed by atoms with Crippen molar-refractivity contribution in [3.8, 4) is 0 Å². The first-order valence-corrected chi connectivity index (χ1v) is 7.87. The number of rotatable bonds is 5. The molecule has 2 rings (SSSR count). The fourth-order valence-electron chi connectivity index (χ4n) is 2.33. The highest BCUT2D eigenvalue weighted by molar-refractivity contribution is 7.87. The Kier molecular flexibility index (Phi) is 4.56. The van der Waals surface area contributed by atoms with Crippen LogP contribution in [0.3, 0.4) is 0 Å². The van der Waals surface area contributed by atoms with Crippen LogP contribution in [0.5, 0.6) is 0 Å². The number of aromatic amines is 1. The number of nitrogens with zero attached hydrogens (tertiary/aromatic N) is 2. The molecule has 0 aliphatic carbocycles. The summed E-state index contributed by atoms with van der Waals surface area (Å²) in [6.45, 7) is 2.08. The molecule has 0 spiro atoms. The Morgan fingerprint density at radius 1 is 1.63 bits per heavy atom. The molecule has 1 aromatic heterocycles. The Morgan fingerprint density at radius 3 is 3.05 bits per heavy atom. The normalized spacial score (nSPS) is 23.4. The van der Waals surface area contributed by atoms with Gasteiger partial charge >= 0.3 is 0 Å². The van der Waals surface area contributed by atoms with E-state index in [1.54, 1.807) is 19.3 Å². The predicted octanol–water partition coefficient (Wildman–Crippen LogP) is 0.152. The molecular formula is C11H20N4O3S. The van der Waals surface area contributed by atoms with Crippen molar-refractivity contribution in [2.45, 2.75) is 38.3 Å². The van der Waals surface area contributed by atoms with Crippen LogP contribution >= 0.6 is 0 Å². The molecule has 0 saturated carbocycles. The fourth-order valence-corrected chi connectivity index (χ4v) is 3.98. The minimum absolute atomic E-state index is 0.138. The molecule has 108 valence electrons. The number of aliphatic hydroxyl groups excluding tert-OH is 1. The zero-order chi connectivity index (χ0) is 13.9. The lowest BCUT2D eigenvalue weighted by Gasteiger charge is -2.34. The number of hydrogen-bond acceptors (Lipinski definition) is 4. The van der Waals surface area contributed by atoms with Crippen LogP contribution < -0.4 is 4.72 Å². The summed E-state index contributed by atoms with van der Waals surface area (Å²) < 4.78 is 28.7. The van der Waals surface area contributed by atoms with Crippen molar-refractivity contribution >= 4 is 10.2 Å². The van der Waals surface area contributed by atoms with E-state index in [-0.39, 0.29) is 18.7 Å². The fraction of sp³-hybridized carbons (Fsp3) is 0.727. The third-order valence-electron chi connectivity index (χ3n) is 3.44. The molecule has 0 aromatic carbocycles. The van der Waals surface area contributed by atoms with Crippen LogP contribution in [0.1, 0.15) is 37.8 Å². The van der Waals surface area contributed by atoms with Crippen molar-refractivity contribution in [1.82, 2.24) is 19.2 Å². The standard InChI is InChI=1S/C11H20N4O3S/c1-9(10-6-12-13-7-10)14-19(17,18)15-5-3-2-4-11(15)8-16/h6-7,9,11,14,16H,2-5,8H2,1H3,(H,12,13). The quantitative estimate of drug-likeness (QED) is 0.718. The summed E-state index contributed by atoms with van der Waals surface area (Å²) in [4.78, 5) is 0. The highest BCUT2D eigenvalue weighted by atomic mass is 32.2. The molecule has 8 heteroatoms. The van der Waals surface area contributed by atoms with E-state index in [1.807, 2.05) is 0 Å². The third-order valence-corrected chi connectivity index (χ3v) is 5.19. The van der Waals surface area contributed by atoms with Gasteiger partial charge in [0.1, 0.15) is 0 Å². The van der Waals surface area contributed by atoms with E-state index in [1.165, 1.54) is 4.31 Å². The number of hydrogen-bond donors (Lipinski definition) is 3. The molecule has 1 aliphatic heterocycles. The molecule has 1 aromatic rings. The smallest absolute Gasteiger partial charge is 0.280 e. The Hall–Kier alpha value is -0.960. The van der Waals surface area contributed by atoms with E-state index in [0.29, 0.717) is 13.0 Å². The van der Waals surface area contributed by atoms with Crippen molar-refractivity contribution in [1.29, 1.82) is 0 Å². The van der Waals surface area contributed by atoms with Crippen LogP contribution in [0, 0.1) is 0 Å². The average molecular weight is 288 g/mol. The van der Waals surface area contributed by atoms with E-state index in [4.69, 9.17) is 0 Å². The number of H-pyrrole nitrogens is 1. The minimum atomic E-state index is -3.59. The maximum atomic E-state index is 12.3. The Bertz CT molecular complexity index is 488. The number of aliphatic hydroxyl groups is 1. The van der Waals surface area contributed by atoms with Gasteiger partial charge in [0.15, 0.2) is 0 Å². The first-order chi connectivity index (χ1) is 9.04. The largest absolute Gasteiger partial charge is 0.395 e. The van der Waals surface area contributed by atoms with Crippen molar-refractivity contribution in [2.24, 2.45) is 0 Å². The first-order valence-electron chi connectivity index (χ1n) is 6.43. The van der Waals surface area contributed by atoms with Gasteiger partial charge in [-0.1, -0.05) is 6.42 Å². The zero-order valence-electron chi connectivity index (χ0n) is 10.9. The first kappa shape index (κ1) is 14.4. The van der Waals surface area contributed by atoms with Crippen LogP contribution in [-0.2, 0) is 10.2 Å². The topological polar surface area (TPSA) is 98.3 Å². The lowest BCUT2D eigenvalue weighted by molar-refractivity contribution is 0.153. The average Bonchev–Trinajstić information content (AvgIpc) is 2.92. The summed E-state index contributed by atoms with van der Waals surface area (Å²) in [6, 6.07) is -0.673. The molecule has 1 saturated heterocycles. The van der Waals surface area contributed by atoms with Crippen molar-refractivity contribution < 1.29 is 13.5 Å². The second-order valence-corrected chi connectivity index (χ2v) is 6.47. The van der Waals surface area contributed by atoms with E-state index in [9.17, 15) is 13.5 Å². The van der Waals surface area contributed by atoms with E-state index < -0.39 is 10.2 Å². The molecule has 2 atom stereocenters. The van der Waals surface area contributed by atoms with Crippen molar-refractivity contribution in [3.63, 3.8) is 0 Å². The molecule has 7 nitrogen and oxygen atoms in total. The van der Waals surface area contributed by atoms with Gasteiger partial charge in [0.25, 0.3) is 10.2 Å². The summed E-state index contributed by atoms with van der Waals surface area (Å²) in [6.07, 6.45) is 5.74. The van der Waals surface area contributed by atoms with E-state index in [0.717, 1.165) is 18.4 Å². The number of piperidine rings is 1. The van der Waals surface area contributed by atoms with Crippen LogP contribution in [0.15, 0.2) is 12.4 Å². The molecule has 3 N–H and O–H groups in total. The summed E-state index contributed by atoms with van der Waals surface area (Å²) in [5, 5.41) is 15.8. The van der Waals surface area contributed by atoms with Crippen LogP contribution in [-0.4, -0.2) is 47.2 Å². The Labute approximate surface area is 113 Å². The molecule has 1 fully saturated rings. The lowest BCUT2D eigenvalue weighted by Crippen LogP contribution is -2.50. The minimum Gasteiger partial charge on any atom is -0.395 e. The predicted molar refractivity (Wildman–Crippen MR) is 70.5 cm³/mol. The molecule has 19 heavy (non-hydrogen) atoms. The summed E-state index contributed by atoms with van der Waals surface area (Å²) in [5.74, 6) is 0. The van der Waals surface area contributed by atoms with Gasteiger partial charge in [-0.3, -0.25) is 5.10 Å². The lowest BCUT2D eigenvalue weighted by atomic mass is 10.1. The third kappa shape index (κ3) is 3.33. The van der Waals surface area contributed by atoms with Crippen LogP contribution in [0.25, 0.3) is 0 Å². The van der Waals surface area contributed by atoms with Crippen LogP contribution in [0.2, 0.25) is 0 Å². The molecular weight excluding hydrogens is 268 g/mol. The molecule has 2 heterocycles.